The molecule has 0 aliphatic heterocycles. The summed E-state index contributed by atoms with van der Waals surface area (Å²) in [6.07, 6.45) is 11.2. The molecule has 0 saturated heterocycles. The van der Waals surface area contributed by atoms with Crippen LogP contribution >= 0.6 is 11.8 Å². The van der Waals surface area contributed by atoms with Crippen LogP contribution in [0.25, 0.3) is 0 Å². The number of hydrogen-bond donors (Lipinski definition) is 4. The van der Waals surface area contributed by atoms with Gasteiger partial charge in [-0.15, -0.1) is 0 Å². The minimum Gasteiger partial charge on any atom is -0.384 e. The van der Waals surface area contributed by atoms with E-state index in [4.69, 9.17) is 16.6 Å². The van der Waals surface area contributed by atoms with E-state index in [1.165, 1.54) is 23.4 Å². The zero-order chi connectivity index (χ0) is 18.0. The topological polar surface area (TPSA) is 85.8 Å². The van der Waals surface area contributed by atoms with Crippen LogP contribution in [0.1, 0.15) is 39.5 Å². The van der Waals surface area contributed by atoms with Crippen molar-refractivity contribution < 1.29 is 4.39 Å². The summed E-state index contributed by atoms with van der Waals surface area (Å²) in [5.41, 5.74) is 7.53. The summed E-state index contributed by atoms with van der Waals surface area (Å²) in [7, 11) is 0. The second-order valence-corrected chi connectivity index (χ2v) is 7.62. The molecule has 1 rings (SSSR count). The van der Waals surface area contributed by atoms with Gasteiger partial charge in [-0.2, -0.15) is 0 Å². The van der Waals surface area contributed by atoms with Crippen molar-refractivity contribution in [3.8, 4) is 0 Å². The highest BCUT2D eigenvalue weighted by molar-refractivity contribution is 8.04. The van der Waals surface area contributed by atoms with Crippen molar-refractivity contribution in [2.24, 2.45) is 11.7 Å². The van der Waals surface area contributed by atoms with Gasteiger partial charge < -0.3 is 21.9 Å². The predicted molar refractivity (Wildman–Crippen MR) is 104 cm³/mol. The fourth-order valence-electron chi connectivity index (χ4n) is 2.70. The van der Waals surface area contributed by atoms with Crippen molar-refractivity contribution in [2.45, 2.75) is 44.5 Å². The predicted octanol–water partition coefficient (Wildman–Crippen LogP) is 4.16. The SMILES string of the molecule is CC1=CC(SC(C)(F)C(CCN)CCN/C(C=N)=C/C=N)=CCC1. The van der Waals surface area contributed by atoms with Crippen molar-refractivity contribution in [1.82, 2.24) is 5.32 Å². The summed E-state index contributed by atoms with van der Waals surface area (Å²) >= 11 is 1.29. The number of thioether (sulfide) groups is 1. The number of allylic oxidation sites excluding steroid dienone is 5. The van der Waals surface area contributed by atoms with E-state index in [9.17, 15) is 0 Å². The highest BCUT2D eigenvalue weighted by Crippen LogP contribution is 2.44. The maximum Gasteiger partial charge on any atom is 0.160 e. The molecule has 4 nitrogen and oxygen atoms in total. The normalized spacial score (nSPS) is 18.9. The van der Waals surface area contributed by atoms with Crippen LogP contribution in [0, 0.1) is 16.7 Å². The maximum absolute atomic E-state index is 15.3. The monoisotopic (exact) mass is 352 g/mol. The molecule has 0 radical (unpaired) electrons. The number of alkyl halides is 1. The highest BCUT2D eigenvalue weighted by Gasteiger charge is 2.35. The molecule has 1 aliphatic rings. The van der Waals surface area contributed by atoms with Gasteiger partial charge in [0.25, 0.3) is 0 Å². The number of halogens is 1. The first-order valence-corrected chi connectivity index (χ1v) is 9.15. The molecule has 5 N–H and O–H groups in total. The molecule has 0 aromatic carbocycles. The van der Waals surface area contributed by atoms with Gasteiger partial charge in [0, 0.05) is 29.8 Å². The van der Waals surface area contributed by atoms with E-state index >= 15 is 4.39 Å². The molecule has 0 amide bonds. The van der Waals surface area contributed by atoms with Gasteiger partial charge in [-0.05, 0) is 58.2 Å². The lowest BCUT2D eigenvalue weighted by Crippen LogP contribution is -2.31. The van der Waals surface area contributed by atoms with Crippen molar-refractivity contribution in [2.75, 3.05) is 13.1 Å². The molecule has 0 aromatic heterocycles. The fourth-order valence-corrected chi connectivity index (χ4v) is 4.03. The Kier molecular flexibility index (Phi) is 9.00. The molecule has 0 fully saturated rings. The smallest absolute Gasteiger partial charge is 0.160 e. The van der Waals surface area contributed by atoms with Crippen LogP contribution in [0.3, 0.4) is 0 Å². The number of rotatable bonds is 11. The van der Waals surface area contributed by atoms with E-state index in [2.05, 4.69) is 24.4 Å². The Balaban J connectivity index is 2.67. The molecule has 24 heavy (non-hydrogen) atoms. The minimum atomic E-state index is -1.39. The Bertz CT molecular complexity index is 523. The van der Waals surface area contributed by atoms with Gasteiger partial charge in [0.1, 0.15) is 0 Å². The van der Waals surface area contributed by atoms with Crippen LogP contribution in [-0.2, 0) is 0 Å². The van der Waals surface area contributed by atoms with Crippen LogP contribution in [-0.4, -0.2) is 30.5 Å². The Morgan fingerprint density at radius 2 is 2.25 bits per heavy atom. The van der Waals surface area contributed by atoms with E-state index < -0.39 is 5.00 Å². The van der Waals surface area contributed by atoms with Crippen molar-refractivity contribution in [1.29, 1.82) is 10.8 Å². The van der Waals surface area contributed by atoms with Crippen LogP contribution in [0.15, 0.2) is 34.4 Å². The largest absolute Gasteiger partial charge is 0.384 e. The third kappa shape index (κ3) is 7.01. The zero-order valence-electron chi connectivity index (χ0n) is 14.6. The Morgan fingerprint density at radius 3 is 2.83 bits per heavy atom. The van der Waals surface area contributed by atoms with Gasteiger partial charge in [0.05, 0.1) is 5.70 Å². The molecule has 0 heterocycles. The van der Waals surface area contributed by atoms with E-state index in [0.717, 1.165) is 30.2 Å². The van der Waals surface area contributed by atoms with Gasteiger partial charge >= 0.3 is 0 Å². The van der Waals surface area contributed by atoms with Crippen molar-refractivity contribution in [3.63, 3.8) is 0 Å². The molecule has 0 bridgehead atoms. The number of hydrogen-bond acceptors (Lipinski definition) is 5. The summed E-state index contributed by atoms with van der Waals surface area (Å²) in [6.45, 7) is 4.72. The second kappa shape index (κ2) is 10.5. The molecule has 2 atom stereocenters. The van der Waals surface area contributed by atoms with E-state index in [-0.39, 0.29) is 5.92 Å². The summed E-state index contributed by atoms with van der Waals surface area (Å²) in [6, 6.07) is 0. The van der Waals surface area contributed by atoms with Crippen LogP contribution in [0.5, 0.6) is 0 Å². The summed E-state index contributed by atoms with van der Waals surface area (Å²) in [5, 5.41) is 16.0. The first-order valence-electron chi connectivity index (χ1n) is 8.33. The average molecular weight is 353 g/mol. The van der Waals surface area contributed by atoms with Gasteiger partial charge in [0.15, 0.2) is 5.00 Å². The van der Waals surface area contributed by atoms with Crippen LogP contribution in [0.2, 0.25) is 0 Å². The summed E-state index contributed by atoms with van der Waals surface area (Å²) < 4.78 is 15.3. The average Bonchev–Trinajstić information content (AvgIpc) is 2.52. The lowest BCUT2D eigenvalue weighted by molar-refractivity contribution is 0.192. The first kappa shape index (κ1) is 20.6. The van der Waals surface area contributed by atoms with Crippen LogP contribution in [0.4, 0.5) is 4.39 Å². The molecule has 0 aromatic rings. The Morgan fingerprint density at radius 1 is 1.50 bits per heavy atom. The van der Waals surface area contributed by atoms with Gasteiger partial charge in [-0.3, -0.25) is 0 Å². The third-order valence-corrected chi connectivity index (χ3v) is 5.33. The maximum atomic E-state index is 15.3. The number of nitrogens with one attached hydrogen (secondary N) is 3. The van der Waals surface area contributed by atoms with E-state index in [1.807, 2.05) is 0 Å². The molecule has 2 unspecified atom stereocenters. The first-order chi connectivity index (χ1) is 11.4. The lowest BCUT2D eigenvalue weighted by atomic mass is 9.96. The Hall–Kier alpha value is -1.40. The quantitative estimate of drug-likeness (QED) is 0.421. The number of nitrogens with two attached hydrogens (primary N) is 1. The molecule has 1 aliphatic carbocycles. The lowest BCUT2D eigenvalue weighted by Gasteiger charge is -2.31. The van der Waals surface area contributed by atoms with Gasteiger partial charge in [-0.25, -0.2) is 4.39 Å². The molecular formula is C18H29FN4S. The molecular weight excluding hydrogens is 323 g/mol. The molecule has 0 saturated carbocycles. The van der Waals surface area contributed by atoms with Crippen LogP contribution < -0.4 is 11.1 Å². The third-order valence-electron chi connectivity index (χ3n) is 4.07. The van der Waals surface area contributed by atoms with E-state index in [1.54, 1.807) is 6.92 Å². The second-order valence-electron chi connectivity index (χ2n) is 6.15. The summed E-state index contributed by atoms with van der Waals surface area (Å²) in [5.74, 6) is -0.177. The molecule has 134 valence electrons. The van der Waals surface area contributed by atoms with E-state index in [0.29, 0.717) is 31.6 Å². The van der Waals surface area contributed by atoms with Crippen molar-refractivity contribution >= 4 is 24.2 Å². The Labute approximate surface area is 148 Å². The fraction of sp³-hybridized carbons (Fsp3) is 0.556. The zero-order valence-corrected chi connectivity index (χ0v) is 15.4. The minimum absolute atomic E-state index is 0.177. The highest BCUT2D eigenvalue weighted by atomic mass is 32.2. The van der Waals surface area contributed by atoms with Gasteiger partial charge in [-0.1, -0.05) is 23.4 Å². The molecule has 0 spiro atoms. The molecule has 6 heteroatoms. The standard InChI is InChI=1S/C18H29FN4S/c1-14-4-3-5-17(12-14)24-18(2,19)15(6-9-20)8-11-23-16(13-22)7-10-21/h5,7,10,12-13,15,21-23H,3-4,6,8-9,11,20H2,1-2H3/b16-7+,21-10?,22-13?. The van der Waals surface area contributed by atoms with Gasteiger partial charge in [0.2, 0.25) is 0 Å². The van der Waals surface area contributed by atoms with Crippen molar-refractivity contribution in [3.05, 3.63) is 34.4 Å². The summed E-state index contributed by atoms with van der Waals surface area (Å²) in [4.78, 5) is 1.00.